The zero-order chi connectivity index (χ0) is 14.8. The SMILES string of the molecule is CCc1ccc(C(NC)c2ccc(S(C)(=O)=O)cc2)s1. The highest BCUT2D eigenvalue weighted by Crippen LogP contribution is 2.29. The van der Waals surface area contributed by atoms with E-state index in [-0.39, 0.29) is 6.04 Å². The summed E-state index contributed by atoms with van der Waals surface area (Å²) in [7, 11) is -1.22. The normalized spacial score (nSPS) is 13.3. The van der Waals surface area contributed by atoms with Crippen LogP contribution in [0.4, 0.5) is 0 Å². The van der Waals surface area contributed by atoms with E-state index < -0.39 is 9.84 Å². The topological polar surface area (TPSA) is 46.2 Å². The Balaban J connectivity index is 2.32. The van der Waals surface area contributed by atoms with Gasteiger partial charge in [0.05, 0.1) is 10.9 Å². The Morgan fingerprint density at radius 2 is 1.80 bits per heavy atom. The summed E-state index contributed by atoms with van der Waals surface area (Å²) < 4.78 is 23.0. The first-order valence-corrected chi connectivity index (χ1v) is 9.22. The third-order valence-electron chi connectivity index (χ3n) is 3.25. The summed E-state index contributed by atoms with van der Waals surface area (Å²) in [6.07, 6.45) is 2.26. The van der Waals surface area contributed by atoms with Gasteiger partial charge in [0, 0.05) is 16.0 Å². The van der Waals surface area contributed by atoms with Crippen molar-refractivity contribution >= 4 is 21.2 Å². The van der Waals surface area contributed by atoms with Crippen molar-refractivity contribution in [3.05, 3.63) is 51.7 Å². The molecule has 1 N–H and O–H groups in total. The lowest BCUT2D eigenvalue weighted by molar-refractivity contribution is 0.601. The van der Waals surface area contributed by atoms with Crippen molar-refractivity contribution in [3.8, 4) is 0 Å². The molecule has 3 nitrogen and oxygen atoms in total. The minimum Gasteiger partial charge on any atom is -0.309 e. The van der Waals surface area contributed by atoms with Crippen molar-refractivity contribution in [2.75, 3.05) is 13.3 Å². The van der Waals surface area contributed by atoms with E-state index >= 15 is 0 Å². The molecule has 1 heterocycles. The monoisotopic (exact) mass is 309 g/mol. The lowest BCUT2D eigenvalue weighted by Gasteiger charge is -2.15. The van der Waals surface area contributed by atoms with Crippen molar-refractivity contribution in [1.29, 1.82) is 0 Å². The smallest absolute Gasteiger partial charge is 0.175 e. The molecule has 0 aliphatic rings. The van der Waals surface area contributed by atoms with Crippen LogP contribution in [0.25, 0.3) is 0 Å². The molecule has 0 amide bonds. The van der Waals surface area contributed by atoms with Crippen LogP contribution in [0.5, 0.6) is 0 Å². The molecule has 0 aliphatic carbocycles. The summed E-state index contributed by atoms with van der Waals surface area (Å²) in [5.74, 6) is 0. The predicted octanol–water partition coefficient (Wildman–Crippen LogP) is 3.02. The number of sulfone groups is 1. The van der Waals surface area contributed by atoms with Gasteiger partial charge < -0.3 is 5.32 Å². The quantitative estimate of drug-likeness (QED) is 0.923. The van der Waals surface area contributed by atoms with Crippen LogP contribution in [0.15, 0.2) is 41.3 Å². The average Bonchev–Trinajstić information content (AvgIpc) is 2.88. The second-order valence-corrected chi connectivity index (χ2v) is 7.94. The van der Waals surface area contributed by atoms with Crippen LogP contribution in [-0.4, -0.2) is 21.7 Å². The number of rotatable bonds is 5. The third-order valence-corrected chi connectivity index (χ3v) is 5.67. The molecule has 0 saturated carbocycles. The minimum absolute atomic E-state index is 0.105. The van der Waals surface area contributed by atoms with Crippen LogP contribution < -0.4 is 5.32 Å². The number of hydrogen-bond acceptors (Lipinski definition) is 4. The van der Waals surface area contributed by atoms with E-state index in [0.29, 0.717) is 4.90 Å². The van der Waals surface area contributed by atoms with Crippen LogP contribution in [0, 0.1) is 0 Å². The number of benzene rings is 1. The third kappa shape index (κ3) is 3.29. The maximum atomic E-state index is 11.5. The Morgan fingerprint density at radius 3 is 2.25 bits per heavy atom. The molecule has 2 rings (SSSR count). The Hall–Kier alpha value is -1.17. The van der Waals surface area contributed by atoms with Gasteiger partial charge in [0.25, 0.3) is 0 Å². The van der Waals surface area contributed by atoms with Crippen LogP contribution in [-0.2, 0) is 16.3 Å². The van der Waals surface area contributed by atoms with E-state index in [4.69, 9.17) is 0 Å². The Kier molecular flexibility index (Phi) is 4.62. The molecule has 20 heavy (non-hydrogen) atoms. The second-order valence-electron chi connectivity index (χ2n) is 4.72. The maximum absolute atomic E-state index is 11.5. The van der Waals surface area contributed by atoms with Crippen molar-refractivity contribution in [2.45, 2.75) is 24.3 Å². The van der Waals surface area contributed by atoms with Crippen molar-refractivity contribution < 1.29 is 8.42 Å². The van der Waals surface area contributed by atoms with Gasteiger partial charge in [-0.1, -0.05) is 19.1 Å². The molecular formula is C15H19NO2S2. The summed E-state index contributed by atoms with van der Waals surface area (Å²) in [5, 5.41) is 3.29. The zero-order valence-electron chi connectivity index (χ0n) is 11.9. The number of aryl methyl sites for hydroxylation is 1. The summed E-state index contributed by atoms with van der Waals surface area (Å²) in [6, 6.07) is 11.5. The van der Waals surface area contributed by atoms with Gasteiger partial charge in [-0.15, -0.1) is 11.3 Å². The molecule has 5 heteroatoms. The molecule has 0 spiro atoms. The van der Waals surface area contributed by atoms with Crippen LogP contribution in [0.2, 0.25) is 0 Å². The first-order chi connectivity index (χ1) is 9.45. The molecule has 2 aromatic rings. The molecule has 1 unspecified atom stereocenters. The predicted molar refractivity (Wildman–Crippen MR) is 84.2 cm³/mol. The second kappa shape index (κ2) is 6.08. The molecule has 0 bridgehead atoms. The van der Waals surface area contributed by atoms with Gasteiger partial charge in [0.15, 0.2) is 9.84 Å². The number of hydrogen-bond donors (Lipinski definition) is 1. The van der Waals surface area contributed by atoms with E-state index in [2.05, 4.69) is 24.4 Å². The summed E-state index contributed by atoms with van der Waals surface area (Å²) in [5.41, 5.74) is 1.07. The molecular weight excluding hydrogens is 290 g/mol. The highest BCUT2D eigenvalue weighted by molar-refractivity contribution is 7.90. The van der Waals surface area contributed by atoms with Gasteiger partial charge in [-0.2, -0.15) is 0 Å². The standard InChI is InChI=1S/C15H19NO2S2/c1-4-12-7-10-14(19-12)15(16-2)11-5-8-13(9-6-11)20(3,17)18/h5-10,15-16H,4H2,1-3H3. The molecule has 1 aromatic heterocycles. The fourth-order valence-corrected chi connectivity index (χ4v) is 3.84. The van der Waals surface area contributed by atoms with Gasteiger partial charge in [-0.25, -0.2) is 8.42 Å². The van der Waals surface area contributed by atoms with E-state index in [0.717, 1.165) is 12.0 Å². The number of thiophene rings is 1. The van der Waals surface area contributed by atoms with Crippen LogP contribution in [0.1, 0.15) is 28.3 Å². The lowest BCUT2D eigenvalue weighted by Crippen LogP contribution is -2.16. The summed E-state index contributed by atoms with van der Waals surface area (Å²) in [6.45, 7) is 2.14. The van der Waals surface area contributed by atoms with E-state index in [9.17, 15) is 8.42 Å². The molecule has 0 aliphatic heterocycles. The van der Waals surface area contributed by atoms with Gasteiger partial charge in [0.2, 0.25) is 0 Å². The highest BCUT2D eigenvalue weighted by Gasteiger charge is 2.15. The molecule has 0 saturated heterocycles. The largest absolute Gasteiger partial charge is 0.309 e. The van der Waals surface area contributed by atoms with E-state index in [1.54, 1.807) is 23.5 Å². The van der Waals surface area contributed by atoms with E-state index in [1.807, 2.05) is 19.2 Å². The van der Waals surface area contributed by atoms with Gasteiger partial charge in [-0.3, -0.25) is 0 Å². The van der Waals surface area contributed by atoms with Crippen LogP contribution >= 0.6 is 11.3 Å². The number of nitrogens with one attached hydrogen (secondary N) is 1. The summed E-state index contributed by atoms with van der Waals surface area (Å²) >= 11 is 1.79. The van der Waals surface area contributed by atoms with Crippen molar-refractivity contribution in [1.82, 2.24) is 5.32 Å². The molecule has 0 fully saturated rings. The molecule has 0 radical (unpaired) electrons. The molecule has 1 aromatic carbocycles. The van der Waals surface area contributed by atoms with Crippen molar-refractivity contribution in [2.24, 2.45) is 0 Å². The zero-order valence-corrected chi connectivity index (χ0v) is 13.5. The van der Waals surface area contributed by atoms with Crippen LogP contribution in [0.3, 0.4) is 0 Å². The lowest BCUT2D eigenvalue weighted by atomic mass is 10.1. The summed E-state index contributed by atoms with van der Waals surface area (Å²) in [4.78, 5) is 2.96. The maximum Gasteiger partial charge on any atom is 0.175 e. The molecule has 108 valence electrons. The first kappa shape index (κ1) is 15.2. The van der Waals surface area contributed by atoms with Gasteiger partial charge in [0.1, 0.15) is 0 Å². The minimum atomic E-state index is -3.13. The van der Waals surface area contributed by atoms with E-state index in [1.165, 1.54) is 16.0 Å². The Labute approximate surface area is 124 Å². The Morgan fingerprint density at radius 1 is 1.15 bits per heavy atom. The first-order valence-electron chi connectivity index (χ1n) is 6.51. The fourth-order valence-electron chi connectivity index (χ4n) is 2.12. The molecule has 1 atom stereocenters. The van der Waals surface area contributed by atoms with Gasteiger partial charge in [-0.05, 0) is 43.3 Å². The van der Waals surface area contributed by atoms with Gasteiger partial charge >= 0.3 is 0 Å². The highest BCUT2D eigenvalue weighted by atomic mass is 32.2. The Bertz CT molecular complexity index is 672. The average molecular weight is 309 g/mol. The fraction of sp³-hybridized carbons (Fsp3) is 0.333. The van der Waals surface area contributed by atoms with Crippen molar-refractivity contribution in [3.63, 3.8) is 0 Å².